The van der Waals surface area contributed by atoms with E-state index in [1.165, 1.54) is 6.92 Å². The van der Waals surface area contributed by atoms with Crippen LogP contribution in [0.3, 0.4) is 0 Å². The topological polar surface area (TPSA) is 55.1 Å². The Kier molecular flexibility index (Phi) is 5.11. The average Bonchev–Trinajstić information content (AvgIpc) is 2.95. The van der Waals surface area contributed by atoms with Gasteiger partial charge in [-0.3, -0.25) is 4.79 Å². The number of benzene rings is 2. The van der Waals surface area contributed by atoms with Gasteiger partial charge in [-0.25, -0.2) is 13.8 Å². The van der Waals surface area contributed by atoms with Gasteiger partial charge in [0.2, 0.25) is 0 Å². The number of ketones is 1. The number of nitrogens with zero attached hydrogens (tertiary/aromatic N) is 2. The fourth-order valence-corrected chi connectivity index (χ4v) is 2.87. The SMILES string of the molecule is CC(=O)Cc1c(Cc2ccccc2)ncn1Cc1cc(F)c(O)c(F)c1. The molecule has 0 fully saturated rings. The standard InChI is InChI=1S/C20H18F2N2O2/c1-13(25)7-19-18(10-14-5-3-2-4-6-14)23-12-24(19)11-15-8-16(21)20(26)17(22)9-15/h2-6,8-9,12,26H,7,10-11H2,1H3. The number of phenols is 1. The van der Waals surface area contributed by atoms with Crippen LogP contribution in [0.2, 0.25) is 0 Å². The predicted octanol–water partition coefficient (Wildman–Crippen LogP) is 3.64. The van der Waals surface area contributed by atoms with Crippen molar-refractivity contribution >= 4 is 5.78 Å². The summed E-state index contributed by atoms with van der Waals surface area (Å²) in [6.07, 6.45) is 2.32. The molecule has 0 bridgehead atoms. The second-order valence-corrected chi connectivity index (χ2v) is 6.22. The fraction of sp³-hybridized carbons (Fsp3) is 0.200. The van der Waals surface area contributed by atoms with Gasteiger partial charge in [0.05, 0.1) is 12.0 Å². The number of imidazole rings is 1. The lowest BCUT2D eigenvalue weighted by Gasteiger charge is -2.10. The van der Waals surface area contributed by atoms with Crippen LogP contribution >= 0.6 is 0 Å². The lowest BCUT2D eigenvalue weighted by Crippen LogP contribution is -2.10. The van der Waals surface area contributed by atoms with Crippen molar-refractivity contribution in [2.75, 3.05) is 0 Å². The summed E-state index contributed by atoms with van der Waals surface area (Å²) in [5.41, 5.74) is 2.87. The van der Waals surface area contributed by atoms with Gasteiger partial charge in [0.25, 0.3) is 0 Å². The molecule has 0 amide bonds. The van der Waals surface area contributed by atoms with Crippen LogP contribution < -0.4 is 0 Å². The van der Waals surface area contributed by atoms with Gasteiger partial charge in [0.15, 0.2) is 17.4 Å². The van der Waals surface area contributed by atoms with E-state index in [1.54, 1.807) is 10.9 Å². The number of hydrogen-bond acceptors (Lipinski definition) is 3. The van der Waals surface area contributed by atoms with Gasteiger partial charge >= 0.3 is 0 Å². The smallest absolute Gasteiger partial charge is 0.187 e. The zero-order chi connectivity index (χ0) is 18.7. The molecule has 3 rings (SSSR count). The van der Waals surface area contributed by atoms with Gasteiger partial charge in [0, 0.05) is 25.1 Å². The number of halogens is 2. The summed E-state index contributed by atoms with van der Waals surface area (Å²) in [6.45, 7) is 1.64. The molecule has 0 atom stereocenters. The third kappa shape index (κ3) is 3.96. The normalized spacial score (nSPS) is 10.9. The Morgan fingerprint density at radius 3 is 2.38 bits per heavy atom. The zero-order valence-electron chi connectivity index (χ0n) is 14.2. The molecule has 0 aliphatic carbocycles. The third-order valence-corrected chi connectivity index (χ3v) is 4.09. The number of carbonyl (C=O) groups is 1. The Morgan fingerprint density at radius 1 is 1.12 bits per heavy atom. The maximum atomic E-state index is 13.6. The van der Waals surface area contributed by atoms with Gasteiger partial charge in [-0.05, 0) is 30.2 Å². The van der Waals surface area contributed by atoms with Crippen LogP contribution in [0.1, 0.15) is 29.4 Å². The van der Waals surface area contributed by atoms with E-state index in [1.807, 2.05) is 30.3 Å². The molecule has 1 aromatic heterocycles. The monoisotopic (exact) mass is 356 g/mol. The third-order valence-electron chi connectivity index (χ3n) is 4.09. The Balaban J connectivity index is 1.93. The molecule has 1 N–H and O–H groups in total. The van der Waals surface area contributed by atoms with Gasteiger partial charge < -0.3 is 9.67 Å². The molecule has 2 aromatic carbocycles. The first-order valence-electron chi connectivity index (χ1n) is 8.17. The fourth-order valence-electron chi connectivity index (χ4n) is 2.87. The summed E-state index contributed by atoms with van der Waals surface area (Å²) in [7, 11) is 0. The van der Waals surface area contributed by atoms with Crippen LogP contribution in [0, 0.1) is 11.6 Å². The molecule has 0 radical (unpaired) electrons. The highest BCUT2D eigenvalue weighted by Gasteiger charge is 2.16. The zero-order valence-corrected chi connectivity index (χ0v) is 14.2. The maximum Gasteiger partial charge on any atom is 0.187 e. The minimum Gasteiger partial charge on any atom is -0.503 e. The number of phenolic OH excluding ortho intramolecular Hbond substituents is 1. The molecule has 1 heterocycles. The Morgan fingerprint density at radius 2 is 1.77 bits per heavy atom. The minimum atomic E-state index is -1.02. The molecule has 0 unspecified atom stereocenters. The summed E-state index contributed by atoms with van der Waals surface area (Å²) in [4.78, 5) is 16.1. The van der Waals surface area contributed by atoms with E-state index in [4.69, 9.17) is 0 Å². The lowest BCUT2D eigenvalue weighted by molar-refractivity contribution is -0.116. The molecular formula is C20H18F2N2O2. The van der Waals surface area contributed by atoms with E-state index in [0.29, 0.717) is 12.0 Å². The molecule has 3 aromatic rings. The van der Waals surface area contributed by atoms with Crippen LogP contribution in [0.5, 0.6) is 5.75 Å². The molecule has 4 nitrogen and oxygen atoms in total. The highest BCUT2D eigenvalue weighted by Crippen LogP contribution is 2.23. The number of aromatic hydroxyl groups is 1. The van der Waals surface area contributed by atoms with Gasteiger partial charge in [0.1, 0.15) is 5.78 Å². The molecule has 0 spiro atoms. The van der Waals surface area contributed by atoms with Crippen LogP contribution in [-0.4, -0.2) is 20.4 Å². The van der Waals surface area contributed by atoms with Crippen LogP contribution in [0.25, 0.3) is 0 Å². The largest absolute Gasteiger partial charge is 0.503 e. The quantitative estimate of drug-likeness (QED) is 0.734. The molecule has 0 aliphatic heterocycles. The number of carbonyl (C=O) groups excluding carboxylic acids is 1. The van der Waals surface area contributed by atoms with Crippen molar-refractivity contribution in [2.45, 2.75) is 26.3 Å². The molecular weight excluding hydrogens is 338 g/mol. The van der Waals surface area contributed by atoms with E-state index in [-0.39, 0.29) is 18.7 Å². The molecule has 0 aliphatic rings. The van der Waals surface area contributed by atoms with E-state index in [9.17, 15) is 18.7 Å². The van der Waals surface area contributed by atoms with Crippen LogP contribution in [0.15, 0.2) is 48.8 Å². The van der Waals surface area contributed by atoms with Gasteiger partial charge in [-0.1, -0.05) is 30.3 Å². The second kappa shape index (κ2) is 7.47. The first-order valence-corrected chi connectivity index (χ1v) is 8.17. The van der Waals surface area contributed by atoms with Crippen molar-refractivity contribution in [3.63, 3.8) is 0 Å². The number of Topliss-reactive ketones (excluding diaryl/α,β-unsaturated/α-hetero) is 1. The Hall–Kier alpha value is -3.02. The summed E-state index contributed by atoms with van der Waals surface area (Å²) >= 11 is 0. The predicted molar refractivity (Wildman–Crippen MR) is 93.0 cm³/mol. The Bertz CT molecular complexity index is 913. The van der Waals surface area contributed by atoms with Crippen molar-refractivity contribution in [1.82, 2.24) is 9.55 Å². The number of rotatable bonds is 6. The van der Waals surface area contributed by atoms with Crippen LogP contribution in [0.4, 0.5) is 8.78 Å². The van der Waals surface area contributed by atoms with Crippen molar-refractivity contribution in [1.29, 1.82) is 0 Å². The number of aromatic nitrogens is 2. The van der Waals surface area contributed by atoms with E-state index in [0.717, 1.165) is 29.1 Å². The first kappa shape index (κ1) is 17.8. The van der Waals surface area contributed by atoms with Gasteiger partial charge in [-0.2, -0.15) is 0 Å². The average molecular weight is 356 g/mol. The van der Waals surface area contributed by atoms with Crippen LogP contribution in [-0.2, 0) is 24.2 Å². The van der Waals surface area contributed by atoms with Crippen molar-refractivity contribution < 1.29 is 18.7 Å². The molecule has 26 heavy (non-hydrogen) atoms. The molecule has 6 heteroatoms. The van der Waals surface area contributed by atoms with E-state index >= 15 is 0 Å². The lowest BCUT2D eigenvalue weighted by atomic mass is 10.1. The molecule has 0 saturated heterocycles. The second-order valence-electron chi connectivity index (χ2n) is 6.22. The highest BCUT2D eigenvalue weighted by atomic mass is 19.1. The number of hydrogen-bond donors (Lipinski definition) is 1. The summed E-state index contributed by atoms with van der Waals surface area (Å²) in [6, 6.07) is 11.9. The van der Waals surface area contributed by atoms with Crippen molar-refractivity contribution in [3.05, 3.63) is 82.9 Å². The van der Waals surface area contributed by atoms with Gasteiger partial charge in [-0.15, -0.1) is 0 Å². The summed E-state index contributed by atoms with van der Waals surface area (Å²) in [5.74, 6) is -3.05. The van der Waals surface area contributed by atoms with Crippen molar-refractivity contribution in [3.8, 4) is 5.75 Å². The van der Waals surface area contributed by atoms with E-state index in [2.05, 4.69) is 4.98 Å². The Labute approximate surface area is 149 Å². The highest BCUT2D eigenvalue weighted by molar-refractivity contribution is 5.78. The minimum absolute atomic E-state index is 0.0240. The summed E-state index contributed by atoms with van der Waals surface area (Å²) in [5, 5.41) is 9.22. The maximum absolute atomic E-state index is 13.6. The van der Waals surface area contributed by atoms with E-state index < -0.39 is 17.4 Å². The molecule has 0 saturated carbocycles. The van der Waals surface area contributed by atoms with Crippen molar-refractivity contribution in [2.24, 2.45) is 0 Å². The summed E-state index contributed by atoms with van der Waals surface area (Å²) < 4.78 is 28.9. The molecule has 134 valence electrons. The first-order chi connectivity index (χ1) is 12.4.